The van der Waals surface area contributed by atoms with Crippen LogP contribution in [0.1, 0.15) is 45.4 Å². The van der Waals surface area contributed by atoms with Gasteiger partial charge in [-0.3, -0.25) is 4.79 Å². The maximum atomic E-state index is 11.7. The summed E-state index contributed by atoms with van der Waals surface area (Å²) >= 11 is 0. The average Bonchev–Trinajstić information content (AvgIpc) is 2.50. The summed E-state index contributed by atoms with van der Waals surface area (Å²) in [6.07, 6.45) is 7.27. The number of ether oxygens (including phenoxy) is 1. The molecule has 3 unspecified atom stereocenters. The molecule has 2 heterocycles. The van der Waals surface area contributed by atoms with Gasteiger partial charge < -0.3 is 10.1 Å². The van der Waals surface area contributed by atoms with Gasteiger partial charge in [0, 0.05) is 12.5 Å². The van der Waals surface area contributed by atoms with E-state index in [4.69, 9.17) is 4.74 Å². The van der Waals surface area contributed by atoms with E-state index in [1.165, 1.54) is 6.42 Å². The fourth-order valence-corrected chi connectivity index (χ4v) is 2.60. The Labute approximate surface area is 91.6 Å². The van der Waals surface area contributed by atoms with Crippen LogP contribution in [-0.4, -0.2) is 24.7 Å². The Bertz CT molecular complexity index is 230. The van der Waals surface area contributed by atoms with Crippen molar-refractivity contribution >= 4 is 5.91 Å². The van der Waals surface area contributed by atoms with Gasteiger partial charge in [-0.2, -0.15) is 0 Å². The van der Waals surface area contributed by atoms with Crippen LogP contribution in [0.15, 0.2) is 0 Å². The number of hydrogen-bond donors (Lipinski definition) is 1. The maximum Gasteiger partial charge on any atom is 0.223 e. The number of nitrogens with one attached hydrogen (secondary N) is 1. The van der Waals surface area contributed by atoms with E-state index in [2.05, 4.69) is 12.2 Å². The highest BCUT2D eigenvalue weighted by molar-refractivity contribution is 5.78. The summed E-state index contributed by atoms with van der Waals surface area (Å²) in [6.45, 7) is 2.98. The van der Waals surface area contributed by atoms with Crippen molar-refractivity contribution in [3.05, 3.63) is 0 Å². The zero-order valence-electron chi connectivity index (χ0n) is 9.50. The first-order valence-corrected chi connectivity index (χ1v) is 6.19. The number of carbonyl (C=O) groups is 1. The van der Waals surface area contributed by atoms with Crippen molar-refractivity contribution < 1.29 is 9.53 Å². The van der Waals surface area contributed by atoms with Gasteiger partial charge in [0.05, 0.1) is 12.2 Å². The van der Waals surface area contributed by atoms with E-state index in [-0.39, 0.29) is 11.8 Å². The Morgan fingerprint density at radius 2 is 2.20 bits per heavy atom. The van der Waals surface area contributed by atoms with Crippen molar-refractivity contribution in [1.29, 1.82) is 0 Å². The molecule has 1 amide bonds. The predicted octanol–water partition coefficient (Wildman–Crippen LogP) is 1.86. The lowest BCUT2D eigenvalue weighted by Gasteiger charge is -2.17. The predicted molar refractivity (Wildman–Crippen MR) is 58.5 cm³/mol. The van der Waals surface area contributed by atoms with E-state index in [0.29, 0.717) is 12.2 Å². The second-order valence-corrected chi connectivity index (χ2v) is 4.87. The Hall–Kier alpha value is -0.570. The van der Waals surface area contributed by atoms with Crippen molar-refractivity contribution in [1.82, 2.24) is 5.32 Å². The SMILES string of the molecule is CC1CCC(CC2CCCCNC2=O)O1. The summed E-state index contributed by atoms with van der Waals surface area (Å²) < 4.78 is 5.77. The summed E-state index contributed by atoms with van der Waals surface area (Å²) in [5.74, 6) is 0.443. The fraction of sp³-hybridized carbons (Fsp3) is 0.917. The van der Waals surface area contributed by atoms with Crippen LogP contribution in [0.5, 0.6) is 0 Å². The molecule has 2 fully saturated rings. The summed E-state index contributed by atoms with van der Waals surface area (Å²) in [6, 6.07) is 0. The molecule has 3 atom stereocenters. The quantitative estimate of drug-likeness (QED) is 0.757. The van der Waals surface area contributed by atoms with Crippen LogP contribution in [0.3, 0.4) is 0 Å². The lowest BCUT2D eigenvalue weighted by molar-refractivity contribution is -0.126. The number of rotatable bonds is 2. The minimum absolute atomic E-state index is 0.197. The molecule has 2 saturated heterocycles. The molecule has 0 radical (unpaired) electrons. The molecule has 3 nitrogen and oxygen atoms in total. The van der Waals surface area contributed by atoms with Gasteiger partial charge in [0.15, 0.2) is 0 Å². The molecule has 86 valence electrons. The molecule has 0 aromatic carbocycles. The van der Waals surface area contributed by atoms with E-state index in [9.17, 15) is 4.79 Å². The number of hydrogen-bond acceptors (Lipinski definition) is 2. The van der Waals surface area contributed by atoms with Gasteiger partial charge in [-0.1, -0.05) is 6.42 Å². The molecule has 0 aliphatic carbocycles. The van der Waals surface area contributed by atoms with Gasteiger partial charge in [0.1, 0.15) is 0 Å². The Balaban J connectivity index is 1.83. The first-order valence-electron chi connectivity index (χ1n) is 6.19. The monoisotopic (exact) mass is 211 g/mol. The highest BCUT2D eigenvalue weighted by Crippen LogP contribution is 2.27. The zero-order valence-corrected chi connectivity index (χ0v) is 9.50. The third-order valence-electron chi connectivity index (χ3n) is 3.52. The molecule has 15 heavy (non-hydrogen) atoms. The van der Waals surface area contributed by atoms with Crippen LogP contribution >= 0.6 is 0 Å². The minimum Gasteiger partial charge on any atom is -0.375 e. The highest BCUT2D eigenvalue weighted by Gasteiger charge is 2.28. The van der Waals surface area contributed by atoms with E-state index < -0.39 is 0 Å². The van der Waals surface area contributed by atoms with Crippen LogP contribution in [0, 0.1) is 5.92 Å². The standard InChI is InChI=1S/C12H21NO2/c1-9-5-6-11(15-9)8-10-4-2-3-7-13-12(10)14/h9-11H,2-8H2,1H3,(H,13,14). The molecular formula is C12H21NO2. The number of amides is 1. The normalized spacial score (nSPS) is 37.4. The fourth-order valence-electron chi connectivity index (χ4n) is 2.60. The lowest BCUT2D eigenvalue weighted by Crippen LogP contribution is -2.31. The molecule has 0 bridgehead atoms. The number of carbonyl (C=O) groups excluding carboxylic acids is 1. The Kier molecular flexibility index (Phi) is 3.62. The van der Waals surface area contributed by atoms with Crippen molar-refractivity contribution in [3.8, 4) is 0 Å². The second-order valence-electron chi connectivity index (χ2n) is 4.87. The Morgan fingerprint density at radius 3 is 2.93 bits per heavy atom. The minimum atomic E-state index is 0.197. The topological polar surface area (TPSA) is 38.3 Å². The van der Waals surface area contributed by atoms with E-state index in [1.807, 2.05) is 0 Å². The van der Waals surface area contributed by atoms with Crippen molar-refractivity contribution in [3.63, 3.8) is 0 Å². The van der Waals surface area contributed by atoms with Crippen molar-refractivity contribution in [2.24, 2.45) is 5.92 Å². The second kappa shape index (κ2) is 4.97. The molecule has 1 N–H and O–H groups in total. The van der Waals surface area contributed by atoms with Gasteiger partial charge in [-0.05, 0) is 39.0 Å². The van der Waals surface area contributed by atoms with Crippen LogP contribution in [0.4, 0.5) is 0 Å². The summed E-state index contributed by atoms with van der Waals surface area (Å²) in [5.41, 5.74) is 0. The molecule has 2 aliphatic rings. The molecule has 0 aromatic rings. The smallest absolute Gasteiger partial charge is 0.223 e. The van der Waals surface area contributed by atoms with Crippen LogP contribution in [-0.2, 0) is 9.53 Å². The third-order valence-corrected chi connectivity index (χ3v) is 3.52. The van der Waals surface area contributed by atoms with Gasteiger partial charge in [0.25, 0.3) is 0 Å². The molecule has 0 aromatic heterocycles. The van der Waals surface area contributed by atoms with Gasteiger partial charge in [-0.15, -0.1) is 0 Å². The maximum absolute atomic E-state index is 11.7. The molecule has 2 aliphatic heterocycles. The third kappa shape index (κ3) is 2.94. The molecule has 3 heteroatoms. The van der Waals surface area contributed by atoms with Crippen LogP contribution in [0.25, 0.3) is 0 Å². The van der Waals surface area contributed by atoms with E-state index >= 15 is 0 Å². The summed E-state index contributed by atoms with van der Waals surface area (Å²) in [4.78, 5) is 11.7. The summed E-state index contributed by atoms with van der Waals surface area (Å²) in [7, 11) is 0. The molecular weight excluding hydrogens is 190 g/mol. The first-order chi connectivity index (χ1) is 7.25. The molecule has 0 spiro atoms. The first kappa shape index (κ1) is 10.9. The average molecular weight is 211 g/mol. The van der Waals surface area contributed by atoms with Gasteiger partial charge in [0.2, 0.25) is 5.91 Å². The van der Waals surface area contributed by atoms with Crippen molar-refractivity contribution in [2.45, 2.75) is 57.7 Å². The summed E-state index contributed by atoms with van der Waals surface area (Å²) in [5, 5.41) is 2.99. The van der Waals surface area contributed by atoms with Crippen molar-refractivity contribution in [2.75, 3.05) is 6.54 Å². The van der Waals surface area contributed by atoms with Crippen LogP contribution in [0.2, 0.25) is 0 Å². The van der Waals surface area contributed by atoms with Gasteiger partial charge >= 0.3 is 0 Å². The van der Waals surface area contributed by atoms with E-state index in [1.54, 1.807) is 0 Å². The van der Waals surface area contributed by atoms with Crippen LogP contribution < -0.4 is 5.32 Å². The lowest BCUT2D eigenvalue weighted by atomic mass is 9.94. The largest absolute Gasteiger partial charge is 0.375 e. The molecule has 2 rings (SSSR count). The Morgan fingerprint density at radius 1 is 1.33 bits per heavy atom. The van der Waals surface area contributed by atoms with Gasteiger partial charge in [-0.25, -0.2) is 0 Å². The zero-order chi connectivity index (χ0) is 10.7. The van der Waals surface area contributed by atoms with E-state index in [0.717, 1.165) is 38.6 Å². The molecule has 0 saturated carbocycles. The highest BCUT2D eigenvalue weighted by atomic mass is 16.5.